The molecular weight excluding hydrogens is 140 g/mol. The van der Waals surface area contributed by atoms with Crippen molar-refractivity contribution in [2.24, 2.45) is 0 Å². The van der Waals surface area contributed by atoms with Crippen molar-refractivity contribution in [2.45, 2.75) is 25.5 Å². The number of hydrogen-bond donors (Lipinski definition) is 1. The monoisotopic (exact) mass is 151 g/mol. The Balaban J connectivity index is 3.90. The molecule has 55 valence electrons. The SMILES string of the molecule is CC[CH]C(C)S(=O)(=O)O. The first-order chi connectivity index (χ1) is 3.98. The van der Waals surface area contributed by atoms with E-state index in [1.165, 1.54) is 13.3 Å². The molecule has 0 heterocycles. The fourth-order valence-corrected chi connectivity index (χ4v) is 0.889. The van der Waals surface area contributed by atoms with Crippen molar-refractivity contribution in [3.8, 4) is 0 Å². The second-order valence-electron chi connectivity index (χ2n) is 1.86. The molecule has 0 bridgehead atoms. The van der Waals surface area contributed by atoms with Crippen molar-refractivity contribution < 1.29 is 13.0 Å². The van der Waals surface area contributed by atoms with Gasteiger partial charge >= 0.3 is 0 Å². The lowest BCUT2D eigenvalue weighted by Crippen LogP contribution is -2.16. The van der Waals surface area contributed by atoms with Crippen molar-refractivity contribution >= 4 is 10.1 Å². The molecular formula is C5H11O3S. The van der Waals surface area contributed by atoms with Gasteiger partial charge in [0.1, 0.15) is 0 Å². The van der Waals surface area contributed by atoms with E-state index in [9.17, 15) is 8.42 Å². The van der Waals surface area contributed by atoms with Crippen LogP contribution in [0.15, 0.2) is 0 Å². The van der Waals surface area contributed by atoms with E-state index in [1.54, 1.807) is 0 Å². The lowest BCUT2D eigenvalue weighted by molar-refractivity contribution is 0.474. The molecule has 0 aromatic rings. The van der Waals surface area contributed by atoms with E-state index in [2.05, 4.69) is 0 Å². The Labute approximate surface area is 55.8 Å². The third-order valence-corrected chi connectivity index (χ3v) is 2.17. The van der Waals surface area contributed by atoms with Crippen LogP contribution in [0.4, 0.5) is 0 Å². The Morgan fingerprint density at radius 3 is 2.22 bits per heavy atom. The summed E-state index contributed by atoms with van der Waals surface area (Å²) >= 11 is 0. The Morgan fingerprint density at radius 2 is 2.11 bits per heavy atom. The van der Waals surface area contributed by atoms with E-state index in [4.69, 9.17) is 4.55 Å². The van der Waals surface area contributed by atoms with E-state index in [-0.39, 0.29) is 0 Å². The first kappa shape index (κ1) is 8.91. The molecule has 0 rings (SSSR count). The lowest BCUT2D eigenvalue weighted by atomic mass is 10.3. The zero-order valence-corrected chi connectivity index (χ0v) is 6.35. The van der Waals surface area contributed by atoms with Crippen LogP contribution < -0.4 is 0 Å². The minimum atomic E-state index is -3.82. The molecule has 0 aromatic heterocycles. The molecule has 0 fully saturated rings. The molecule has 1 unspecified atom stereocenters. The number of rotatable bonds is 3. The molecule has 4 heteroatoms. The summed E-state index contributed by atoms with van der Waals surface area (Å²) in [5.41, 5.74) is 0. The van der Waals surface area contributed by atoms with Crippen LogP contribution in [0.25, 0.3) is 0 Å². The average Bonchev–Trinajstić information content (AvgIpc) is 1.64. The third-order valence-electron chi connectivity index (χ3n) is 1.04. The van der Waals surface area contributed by atoms with Crippen LogP contribution in [-0.2, 0) is 10.1 Å². The fraction of sp³-hybridized carbons (Fsp3) is 0.800. The second-order valence-corrected chi connectivity index (χ2v) is 3.64. The van der Waals surface area contributed by atoms with Gasteiger partial charge in [-0.1, -0.05) is 13.3 Å². The van der Waals surface area contributed by atoms with Crippen molar-refractivity contribution in [1.29, 1.82) is 0 Å². The smallest absolute Gasteiger partial charge is 0.267 e. The maximum atomic E-state index is 10.2. The van der Waals surface area contributed by atoms with Crippen LogP contribution in [0.2, 0.25) is 0 Å². The number of hydrogen-bond acceptors (Lipinski definition) is 2. The van der Waals surface area contributed by atoms with Gasteiger partial charge < -0.3 is 0 Å². The molecule has 3 nitrogen and oxygen atoms in total. The van der Waals surface area contributed by atoms with Crippen LogP contribution >= 0.6 is 0 Å². The maximum absolute atomic E-state index is 10.2. The maximum Gasteiger partial charge on any atom is 0.267 e. The summed E-state index contributed by atoms with van der Waals surface area (Å²) in [6, 6.07) is 0. The Kier molecular flexibility index (Phi) is 3.14. The zero-order chi connectivity index (χ0) is 7.49. The Bertz CT molecular complexity index is 159. The van der Waals surface area contributed by atoms with Crippen molar-refractivity contribution in [3.63, 3.8) is 0 Å². The van der Waals surface area contributed by atoms with E-state index >= 15 is 0 Å². The van der Waals surface area contributed by atoms with Crippen LogP contribution in [0.1, 0.15) is 20.3 Å². The van der Waals surface area contributed by atoms with Gasteiger partial charge in [0.25, 0.3) is 10.1 Å². The molecule has 0 amide bonds. The van der Waals surface area contributed by atoms with Gasteiger partial charge in [0, 0.05) is 0 Å². The fourth-order valence-electron chi connectivity index (χ4n) is 0.454. The van der Waals surface area contributed by atoms with Gasteiger partial charge in [-0.15, -0.1) is 0 Å². The first-order valence-corrected chi connectivity index (χ1v) is 4.28. The third kappa shape index (κ3) is 3.48. The topological polar surface area (TPSA) is 54.4 Å². The predicted molar refractivity (Wildman–Crippen MR) is 35.6 cm³/mol. The highest BCUT2D eigenvalue weighted by Crippen LogP contribution is 2.03. The largest absolute Gasteiger partial charge is 0.285 e. The van der Waals surface area contributed by atoms with Crippen LogP contribution in [0.3, 0.4) is 0 Å². The normalized spacial score (nSPS) is 15.4. The molecule has 0 saturated carbocycles. The second kappa shape index (κ2) is 3.17. The molecule has 0 aliphatic heterocycles. The van der Waals surface area contributed by atoms with Crippen LogP contribution in [-0.4, -0.2) is 18.2 Å². The summed E-state index contributed by atoms with van der Waals surface area (Å²) in [5.74, 6) is 0. The molecule has 0 spiro atoms. The van der Waals surface area contributed by atoms with Gasteiger partial charge in [-0.3, -0.25) is 4.55 Å². The summed E-state index contributed by atoms with van der Waals surface area (Å²) in [6.07, 6.45) is 2.19. The average molecular weight is 151 g/mol. The Morgan fingerprint density at radius 1 is 1.67 bits per heavy atom. The summed E-state index contributed by atoms with van der Waals surface area (Å²) in [6.45, 7) is 3.26. The van der Waals surface area contributed by atoms with Gasteiger partial charge in [0.15, 0.2) is 0 Å². The molecule has 0 aromatic carbocycles. The summed E-state index contributed by atoms with van der Waals surface area (Å²) in [4.78, 5) is 0. The molecule has 9 heavy (non-hydrogen) atoms. The quantitative estimate of drug-likeness (QED) is 0.609. The van der Waals surface area contributed by atoms with Crippen molar-refractivity contribution in [1.82, 2.24) is 0 Å². The molecule has 1 atom stereocenters. The minimum absolute atomic E-state index is 0.654. The van der Waals surface area contributed by atoms with Crippen LogP contribution in [0.5, 0.6) is 0 Å². The molecule has 0 saturated heterocycles. The van der Waals surface area contributed by atoms with E-state index in [0.717, 1.165) is 0 Å². The highest BCUT2D eigenvalue weighted by Gasteiger charge is 2.15. The van der Waals surface area contributed by atoms with E-state index < -0.39 is 15.4 Å². The summed E-state index contributed by atoms with van der Waals surface area (Å²) in [5, 5.41) is -0.734. The van der Waals surface area contributed by atoms with Gasteiger partial charge in [0.2, 0.25) is 0 Å². The first-order valence-electron chi connectivity index (χ1n) is 2.78. The predicted octanol–water partition coefficient (Wildman–Crippen LogP) is 0.877. The van der Waals surface area contributed by atoms with Gasteiger partial charge in [0.05, 0.1) is 5.25 Å². The zero-order valence-electron chi connectivity index (χ0n) is 5.53. The van der Waals surface area contributed by atoms with Gasteiger partial charge in [-0.2, -0.15) is 8.42 Å². The van der Waals surface area contributed by atoms with Crippen molar-refractivity contribution in [2.75, 3.05) is 0 Å². The molecule has 0 aliphatic rings. The Hall–Kier alpha value is -0.0900. The highest BCUT2D eigenvalue weighted by atomic mass is 32.2. The van der Waals surface area contributed by atoms with Gasteiger partial charge in [-0.25, -0.2) is 0 Å². The molecule has 1 radical (unpaired) electrons. The molecule has 0 aliphatic carbocycles. The van der Waals surface area contributed by atoms with Crippen molar-refractivity contribution in [3.05, 3.63) is 6.42 Å². The standard InChI is InChI=1S/C5H11O3S/c1-3-4-5(2)9(6,7)8/h4-5H,3H2,1-2H3,(H,6,7,8). The summed E-state index contributed by atoms with van der Waals surface area (Å²) in [7, 11) is -3.82. The molecule has 1 N–H and O–H groups in total. The highest BCUT2D eigenvalue weighted by molar-refractivity contribution is 7.86. The van der Waals surface area contributed by atoms with Gasteiger partial charge in [-0.05, 0) is 13.3 Å². The van der Waals surface area contributed by atoms with E-state index in [0.29, 0.717) is 6.42 Å². The van der Waals surface area contributed by atoms with E-state index in [1.807, 2.05) is 6.92 Å². The summed E-state index contributed by atoms with van der Waals surface area (Å²) < 4.78 is 28.8. The minimum Gasteiger partial charge on any atom is -0.285 e. The lowest BCUT2D eigenvalue weighted by Gasteiger charge is -2.03. The van der Waals surface area contributed by atoms with Crippen LogP contribution in [0, 0.1) is 6.42 Å².